The Labute approximate surface area is 107 Å². The normalized spacial score (nSPS) is 11.3. The summed E-state index contributed by atoms with van der Waals surface area (Å²) in [6, 6.07) is 0. The summed E-state index contributed by atoms with van der Waals surface area (Å²) in [5.41, 5.74) is 0. The predicted octanol–water partition coefficient (Wildman–Crippen LogP) is 3.56. The molecule has 92 valence electrons. The van der Waals surface area contributed by atoms with Gasteiger partial charge in [0.15, 0.2) is 0 Å². The minimum Gasteiger partial charge on any atom is -0.314 e. The quantitative estimate of drug-likeness (QED) is 0.567. The summed E-state index contributed by atoms with van der Waals surface area (Å²) < 4.78 is 2.27. The summed E-state index contributed by atoms with van der Waals surface area (Å²) >= 11 is 3.47. The number of aryl methyl sites for hydroxylation is 1. The highest BCUT2D eigenvalue weighted by Crippen LogP contribution is 2.12. The van der Waals surface area contributed by atoms with Crippen LogP contribution in [0, 0.1) is 5.92 Å². The zero-order valence-corrected chi connectivity index (χ0v) is 12.1. The zero-order chi connectivity index (χ0) is 12.0. The van der Waals surface area contributed by atoms with Gasteiger partial charge in [0.2, 0.25) is 0 Å². The number of hydrogen-bond acceptors (Lipinski definition) is 2. The lowest BCUT2D eigenvalue weighted by Gasteiger charge is -2.11. The third-order valence-corrected chi connectivity index (χ3v) is 3.08. The van der Waals surface area contributed by atoms with Crippen LogP contribution in [0.3, 0.4) is 0 Å². The van der Waals surface area contributed by atoms with Crippen molar-refractivity contribution >= 4 is 15.9 Å². The minimum atomic E-state index is 0.638. The molecule has 0 saturated carbocycles. The Bertz CT molecular complexity index is 307. The summed E-state index contributed by atoms with van der Waals surface area (Å²) in [5, 5.41) is 9.32. The van der Waals surface area contributed by atoms with Crippen LogP contribution in [0.25, 0.3) is 0 Å². The molecule has 0 atom stereocenters. The van der Waals surface area contributed by atoms with E-state index < -0.39 is 0 Å². The van der Waals surface area contributed by atoms with Gasteiger partial charge < -0.3 is 4.57 Å². The van der Waals surface area contributed by atoms with Crippen LogP contribution in [-0.4, -0.2) is 14.8 Å². The van der Waals surface area contributed by atoms with Crippen LogP contribution >= 0.6 is 15.9 Å². The molecule has 1 aromatic rings. The average molecular weight is 288 g/mol. The van der Waals surface area contributed by atoms with Crippen LogP contribution in [0.4, 0.5) is 0 Å². The molecule has 16 heavy (non-hydrogen) atoms. The first-order valence-electron chi connectivity index (χ1n) is 6.16. The van der Waals surface area contributed by atoms with Crippen molar-refractivity contribution in [3.05, 3.63) is 11.6 Å². The van der Waals surface area contributed by atoms with Crippen LogP contribution in [0.15, 0.2) is 0 Å². The summed E-state index contributed by atoms with van der Waals surface area (Å²) in [7, 11) is 0. The van der Waals surface area contributed by atoms with Crippen molar-refractivity contribution in [3.8, 4) is 0 Å². The molecule has 0 fully saturated rings. The first-order chi connectivity index (χ1) is 7.69. The van der Waals surface area contributed by atoms with Crippen molar-refractivity contribution in [2.45, 2.75) is 58.3 Å². The van der Waals surface area contributed by atoms with E-state index in [4.69, 9.17) is 0 Å². The summed E-state index contributed by atoms with van der Waals surface area (Å²) in [4.78, 5) is 0. The number of aromatic nitrogens is 3. The van der Waals surface area contributed by atoms with E-state index in [9.17, 15) is 0 Å². The van der Waals surface area contributed by atoms with Gasteiger partial charge in [0.1, 0.15) is 11.6 Å². The fourth-order valence-electron chi connectivity index (χ4n) is 1.77. The molecule has 0 aliphatic carbocycles. The molecule has 1 aromatic heterocycles. The van der Waals surface area contributed by atoms with Crippen molar-refractivity contribution in [1.29, 1.82) is 0 Å². The van der Waals surface area contributed by atoms with Crippen LogP contribution in [0.5, 0.6) is 0 Å². The fourth-order valence-corrected chi connectivity index (χ4v) is 2.18. The molecule has 0 aliphatic heterocycles. The Hall–Kier alpha value is -0.380. The van der Waals surface area contributed by atoms with Crippen LogP contribution < -0.4 is 0 Å². The van der Waals surface area contributed by atoms with Gasteiger partial charge in [-0.05, 0) is 12.3 Å². The molecule has 1 heterocycles. The van der Waals surface area contributed by atoms with Gasteiger partial charge in [-0.15, -0.1) is 10.2 Å². The van der Waals surface area contributed by atoms with Gasteiger partial charge in [-0.1, -0.05) is 49.5 Å². The van der Waals surface area contributed by atoms with Gasteiger partial charge in [0, 0.05) is 13.0 Å². The lowest BCUT2D eigenvalue weighted by molar-refractivity contribution is 0.493. The average Bonchev–Trinajstić information content (AvgIpc) is 2.61. The molecule has 0 saturated heterocycles. The highest BCUT2D eigenvalue weighted by molar-refractivity contribution is 9.08. The lowest BCUT2D eigenvalue weighted by atomic mass is 10.2. The molecule has 3 nitrogen and oxygen atoms in total. The standard InChI is InChI=1S/C12H22BrN3/c1-4-5-6-7-11-14-15-12(8-13)16(11)9-10(2)3/h10H,4-9H2,1-3H3. The second-order valence-electron chi connectivity index (χ2n) is 4.63. The van der Waals surface area contributed by atoms with E-state index in [-0.39, 0.29) is 0 Å². The number of alkyl halides is 1. The zero-order valence-electron chi connectivity index (χ0n) is 10.5. The number of nitrogens with zero attached hydrogens (tertiary/aromatic N) is 3. The predicted molar refractivity (Wildman–Crippen MR) is 70.7 cm³/mol. The topological polar surface area (TPSA) is 30.7 Å². The third kappa shape index (κ3) is 3.89. The molecular formula is C12H22BrN3. The van der Waals surface area contributed by atoms with E-state index in [1.165, 1.54) is 19.3 Å². The van der Waals surface area contributed by atoms with Crippen molar-refractivity contribution in [1.82, 2.24) is 14.8 Å². The van der Waals surface area contributed by atoms with Gasteiger partial charge in [-0.2, -0.15) is 0 Å². The van der Waals surface area contributed by atoms with E-state index in [2.05, 4.69) is 51.5 Å². The van der Waals surface area contributed by atoms with Gasteiger partial charge in [-0.25, -0.2) is 0 Å². The Morgan fingerprint density at radius 2 is 1.88 bits per heavy atom. The van der Waals surface area contributed by atoms with Crippen molar-refractivity contribution in [2.75, 3.05) is 0 Å². The van der Waals surface area contributed by atoms with E-state index in [0.717, 1.165) is 29.9 Å². The summed E-state index contributed by atoms with van der Waals surface area (Å²) in [6.45, 7) is 7.71. The molecule has 1 rings (SSSR count). The first-order valence-corrected chi connectivity index (χ1v) is 7.28. The molecule has 0 aliphatic rings. The number of rotatable bonds is 7. The van der Waals surface area contributed by atoms with Crippen molar-refractivity contribution in [2.24, 2.45) is 5.92 Å². The molecule has 0 N–H and O–H groups in total. The number of unbranched alkanes of at least 4 members (excludes halogenated alkanes) is 2. The fraction of sp³-hybridized carbons (Fsp3) is 0.833. The molecule has 0 radical (unpaired) electrons. The van der Waals surface area contributed by atoms with Gasteiger partial charge in [0.05, 0.1) is 5.33 Å². The van der Waals surface area contributed by atoms with Gasteiger partial charge >= 0.3 is 0 Å². The lowest BCUT2D eigenvalue weighted by Crippen LogP contribution is -2.11. The van der Waals surface area contributed by atoms with E-state index in [1.807, 2.05) is 0 Å². The van der Waals surface area contributed by atoms with Gasteiger partial charge in [0.25, 0.3) is 0 Å². The Morgan fingerprint density at radius 1 is 1.19 bits per heavy atom. The monoisotopic (exact) mass is 287 g/mol. The second kappa shape index (κ2) is 7.05. The molecule has 0 unspecified atom stereocenters. The Morgan fingerprint density at radius 3 is 2.44 bits per heavy atom. The van der Waals surface area contributed by atoms with E-state index in [1.54, 1.807) is 0 Å². The molecule has 0 amide bonds. The number of halogens is 1. The maximum atomic E-state index is 4.29. The molecule has 0 aromatic carbocycles. The van der Waals surface area contributed by atoms with E-state index >= 15 is 0 Å². The van der Waals surface area contributed by atoms with Crippen LogP contribution in [-0.2, 0) is 18.3 Å². The highest BCUT2D eigenvalue weighted by Gasteiger charge is 2.11. The van der Waals surface area contributed by atoms with Crippen molar-refractivity contribution in [3.63, 3.8) is 0 Å². The maximum absolute atomic E-state index is 4.29. The summed E-state index contributed by atoms with van der Waals surface area (Å²) in [5.74, 6) is 2.84. The Kier molecular flexibility index (Phi) is 6.03. The molecule has 0 bridgehead atoms. The van der Waals surface area contributed by atoms with E-state index in [0.29, 0.717) is 5.92 Å². The third-order valence-electron chi connectivity index (χ3n) is 2.58. The Balaban J connectivity index is 2.70. The summed E-state index contributed by atoms with van der Waals surface area (Å²) in [6.07, 6.45) is 4.80. The highest BCUT2D eigenvalue weighted by atomic mass is 79.9. The van der Waals surface area contributed by atoms with Crippen LogP contribution in [0.1, 0.15) is 51.7 Å². The molecular weight excluding hydrogens is 266 g/mol. The largest absolute Gasteiger partial charge is 0.314 e. The SMILES string of the molecule is CCCCCc1nnc(CBr)n1CC(C)C. The van der Waals surface area contributed by atoms with Crippen LogP contribution in [0.2, 0.25) is 0 Å². The number of hydrogen-bond donors (Lipinski definition) is 0. The first kappa shape index (κ1) is 13.7. The minimum absolute atomic E-state index is 0.638. The smallest absolute Gasteiger partial charge is 0.143 e. The van der Waals surface area contributed by atoms with Gasteiger partial charge in [-0.3, -0.25) is 0 Å². The van der Waals surface area contributed by atoms with Crippen molar-refractivity contribution < 1.29 is 0 Å². The molecule has 4 heteroatoms. The maximum Gasteiger partial charge on any atom is 0.143 e. The molecule has 0 spiro atoms. The second-order valence-corrected chi connectivity index (χ2v) is 5.19.